The van der Waals surface area contributed by atoms with Gasteiger partial charge in [-0.25, -0.2) is 4.98 Å². The second-order valence-electron chi connectivity index (χ2n) is 6.89. The largest absolute Gasteiger partial charge is 0.340 e. The minimum atomic E-state index is -0.283. The number of nitrogens with zero attached hydrogens (tertiary/aromatic N) is 3. The van der Waals surface area contributed by atoms with E-state index in [0.29, 0.717) is 0 Å². The van der Waals surface area contributed by atoms with Gasteiger partial charge in [-0.1, -0.05) is 32.9 Å². The van der Waals surface area contributed by atoms with Crippen LogP contribution in [0.15, 0.2) is 24.3 Å². The van der Waals surface area contributed by atoms with E-state index in [1.54, 1.807) is 11.3 Å². The Kier molecular flexibility index (Phi) is 4.19. The molecule has 0 N–H and O–H groups in total. The molecule has 0 saturated carbocycles. The summed E-state index contributed by atoms with van der Waals surface area (Å²) in [5.74, 6) is 0.257. The highest BCUT2D eigenvalue weighted by molar-refractivity contribution is 7.18. The highest BCUT2D eigenvalue weighted by atomic mass is 32.1. The molecule has 0 atom stereocenters. The van der Waals surface area contributed by atoms with Gasteiger partial charge in [0.2, 0.25) is 5.91 Å². The quantitative estimate of drug-likeness (QED) is 0.854. The summed E-state index contributed by atoms with van der Waals surface area (Å²) in [6.45, 7) is 10.4. The number of hydrogen-bond donors (Lipinski definition) is 0. The van der Waals surface area contributed by atoms with Crippen molar-refractivity contribution in [2.75, 3.05) is 26.2 Å². The van der Waals surface area contributed by atoms with Crippen molar-refractivity contribution in [1.29, 1.82) is 0 Å². The molecule has 0 bridgehead atoms. The third-order valence-electron chi connectivity index (χ3n) is 4.00. The van der Waals surface area contributed by atoms with Gasteiger partial charge in [0.25, 0.3) is 0 Å². The fraction of sp³-hybridized carbons (Fsp3) is 0.529. The number of amides is 1. The molecule has 118 valence electrons. The van der Waals surface area contributed by atoms with Crippen LogP contribution >= 0.6 is 11.3 Å². The zero-order valence-corrected chi connectivity index (χ0v) is 14.3. The summed E-state index contributed by atoms with van der Waals surface area (Å²) in [6, 6.07) is 8.27. The van der Waals surface area contributed by atoms with Gasteiger partial charge in [-0.2, -0.15) is 0 Å². The summed E-state index contributed by atoms with van der Waals surface area (Å²) >= 11 is 1.77. The standard InChI is InChI=1S/C17H23N3OS/c1-17(2,3)16(21)20-10-8-19(9-11-20)12-15-18-13-6-4-5-7-14(13)22-15/h4-7H,8-12H2,1-3H3. The predicted molar refractivity (Wildman–Crippen MR) is 90.9 cm³/mol. The maximum Gasteiger partial charge on any atom is 0.228 e. The van der Waals surface area contributed by atoms with Crippen molar-refractivity contribution in [1.82, 2.24) is 14.8 Å². The number of piperazine rings is 1. The van der Waals surface area contributed by atoms with E-state index in [0.717, 1.165) is 43.2 Å². The number of carbonyl (C=O) groups excluding carboxylic acids is 1. The minimum Gasteiger partial charge on any atom is -0.340 e. The van der Waals surface area contributed by atoms with Crippen LogP contribution in [-0.2, 0) is 11.3 Å². The molecule has 5 heteroatoms. The molecule has 1 aromatic carbocycles. The molecule has 3 rings (SSSR count). The molecule has 0 aliphatic carbocycles. The average molecular weight is 317 g/mol. The zero-order valence-electron chi connectivity index (χ0n) is 13.5. The first-order valence-corrected chi connectivity index (χ1v) is 8.61. The Labute approximate surface area is 135 Å². The third kappa shape index (κ3) is 3.31. The highest BCUT2D eigenvalue weighted by Crippen LogP contribution is 2.23. The van der Waals surface area contributed by atoms with Gasteiger partial charge in [0.1, 0.15) is 5.01 Å². The fourth-order valence-corrected chi connectivity index (χ4v) is 3.77. The maximum absolute atomic E-state index is 12.3. The van der Waals surface area contributed by atoms with Crippen LogP contribution in [0.2, 0.25) is 0 Å². The topological polar surface area (TPSA) is 36.4 Å². The van der Waals surface area contributed by atoms with E-state index in [1.165, 1.54) is 4.70 Å². The molecule has 2 aromatic rings. The van der Waals surface area contributed by atoms with Crippen molar-refractivity contribution in [3.8, 4) is 0 Å². The molecule has 0 radical (unpaired) electrons. The van der Waals surface area contributed by atoms with Crippen LogP contribution in [0.5, 0.6) is 0 Å². The Bertz CT molecular complexity index is 633. The Hall–Kier alpha value is -1.46. The summed E-state index contributed by atoms with van der Waals surface area (Å²) in [7, 11) is 0. The third-order valence-corrected chi connectivity index (χ3v) is 5.02. The van der Waals surface area contributed by atoms with Gasteiger partial charge in [0.05, 0.1) is 16.8 Å². The summed E-state index contributed by atoms with van der Waals surface area (Å²) in [5, 5.41) is 1.16. The zero-order chi connectivity index (χ0) is 15.7. The maximum atomic E-state index is 12.3. The van der Waals surface area contributed by atoms with E-state index in [4.69, 9.17) is 4.98 Å². The molecular weight excluding hydrogens is 294 g/mol. The van der Waals surface area contributed by atoms with Gasteiger partial charge < -0.3 is 4.90 Å². The first-order valence-electron chi connectivity index (χ1n) is 7.80. The van der Waals surface area contributed by atoms with Crippen LogP contribution in [0, 0.1) is 5.41 Å². The number of hydrogen-bond acceptors (Lipinski definition) is 4. The number of benzene rings is 1. The summed E-state index contributed by atoms with van der Waals surface area (Å²) in [5.41, 5.74) is 0.805. The van der Waals surface area contributed by atoms with E-state index in [9.17, 15) is 4.79 Å². The predicted octanol–water partition coefficient (Wildman–Crippen LogP) is 2.99. The second-order valence-corrected chi connectivity index (χ2v) is 8.01. The van der Waals surface area contributed by atoms with Crippen molar-refractivity contribution in [2.45, 2.75) is 27.3 Å². The number of rotatable bonds is 2. The highest BCUT2D eigenvalue weighted by Gasteiger charge is 2.29. The van der Waals surface area contributed by atoms with Gasteiger partial charge in [-0.05, 0) is 12.1 Å². The number of aromatic nitrogens is 1. The van der Waals surface area contributed by atoms with Crippen LogP contribution in [-0.4, -0.2) is 46.9 Å². The Morgan fingerprint density at radius 1 is 1.18 bits per heavy atom. The molecule has 22 heavy (non-hydrogen) atoms. The number of thiazole rings is 1. The van der Waals surface area contributed by atoms with Crippen LogP contribution in [0.3, 0.4) is 0 Å². The fourth-order valence-electron chi connectivity index (χ4n) is 2.76. The van der Waals surface area contributed by atoms with E-state index >= 15 is 0 Å². The lowest BCUT2D eigenvalue weighted by Gasteiger charge is -2.37. The van der Waals surface area contributed by atoms with Crippen molar-refractivity contribution in [3.63, 3.8) is 0 Å². The Morgan fingerprint density at radius 2 is 1.86 bits per heavy atom. The van der Waals surface area contributed by atoms with E-state index in [2.05, 4.69) is 23.1 Å². The molecular formula is C17H23N3OS. The molecule has 1 aromatic heterocycles. The number of fused-ring (bicyclic) bond motifs is 1. The lowest BCUT2D eigenvalue weighted by molar-refractivity contribution is -0.141. The Morgan fingerprint density at radius 3 is 2.50 bits per heavy atom. The molecule has 0 unspecified atom stereocenters. The summed E-state index contributed by atoms with van der Waals surface area (Å²) in [6.07, 6.45) is 0. The van der Waals surface area contributed by atoms with Crippen LogP contribution in [0.4, 0.5) is 0 Å². The normalized spacial score (nSPS) is 17.1. The van der Waals surface area contributed by atoms with Crippen LogP contribution < -0.4 is 0 Å². The molecule has 1 aliphatic rings. The van der Waals surface area contributed by atoms with E-state index in [-0.39, 0.29) is 11.3 Å². The molecule has 1 amide bonds. The summed E-state index contributed by atoms with van der Waals surface area (Å²) < 4.78 is 1.25. The van der Waals surface area contributed by atoms with Crippen LogP contribution in [0.25, 0.3) is 10.2 Å². The molecule has 0 spiro atoms. The van der Waals surface area contributed by atoms with E-state index < -0.39 is 0 Å². The van der Waals surface area contributed by atoms with Crippen molar-refractivity contribution in [3.05, 3.63) is 29.3 Å². The first kappa shape index (κ1) is 15.4. The molecule has 1 fully saturated rings. The van der Waals surface area contributed by atoms with Crippen molar-refractivity contribution >= 4 is 27.5 Å². The van der Waals surface area contributed by atoms with Crippen LogP contribution in [0.1, 0.15) is 25.8 Å². The average Bonchev–Trinajstić information content (AvgIpc) is 2.88. The monoisotopic (exact) mass is 317 g/mol. The first-order chi connectivity index (χ1) is 10.4. The van der Waals surface area contributed by atoms with Gasteiger partial charge in [0, 0.05) is 31.6 Å². The second kappa shape index (κ2) is 5.97. The molecule has 4 nitrogen and oxygen atoms in total. The SMILES string of the molecule is CC(C)(C)C(=O)N1CCN(Cc2nc3ccccc3s2)CC1. The lowest BCUT2D eigenvalue weighted by atomic mass is 9.94. The minimum absolute atomic E-state index is 0.257. The lowest BCUT2D eigenvalue weighted by Crippen LogP contribution is -2.51. The van der Waals surface area contributed by atoms with Gasteiger partial charge in [0.15, 0.2) is 0 Å². The van der Waals surface area contributed by atoms with E-state index in [1.807, 2.05) is 31.7 Å². The van der Waals surface area contributed by atoms with Crippen molar-refractivity contribution < 1.29 is 4.79 Å². The summed E-state index contributed by atoms with van der Waals surface area (Å²) in [4.78, 5) is 21.4. The number of carbonyl (C=O) groups is 1. The molecule has 1 aliphatic heterocycles. The van der Waals surface area contributed by atoms with Gasteiger partial charge in [-0.15, -0.1) is 11.3 Å². The smallest absolute Gasteiger partial charge is 0.228 e. The molecule has 2 heterocycles. The van der Waals surface area contributed by atoms with Gasteiger partial charge in [-0.3, -0.25) is 9.69 Å². The Balaban J connectivity index is 1.59. The number of para-hydroxylation sites is 1. The van der Waals surface area contributed by atoms with Gasteiger partial charge >= 0.3 is 0 Å². The van der Waals surface area contributed by atoms with Crippen molar-refractivity contribution in [2.24, 2.45) is 5.41 Å². The molecule has 1 saturated heterocycles.